The number of benzene rings is 1. The summed E-state index contributed by atoms with van der Waals surface area (Å²) in [7, 11) is 0. The van der Waals surface area contributed by atoms with Gasteiger partial charge in [-0.05, 0) is 31.4 Å². The SMILES string of the molecule is O=C(NC1CCC1)c1cc(Oc2c(Cl)cc(-n3nc(C(F)F)c(=O)[nH]c3=O)cc2Cl)ncc1O. The van der Waals surface area contributed by atoms with E-state index in [0.29, 0.717) is 4.68 Å². The highest BCUT2D eigenvalue weighted by Crippen LogP contribution is 2.38. The fourth-order valence-electron chi connectivity index (χ4n) is 3.08. The molecule has 1 saturated carbocycles. The van der Waals surface area contributed by atoms with Gasteiger partial charge in [0.1, 0.15) is 5.75 Å². The summed E-state index contributed by atoms with van der Waals surface area (Å²) in [6.07, 6.45) is 0.519. The molecule has 0 aliphatic heterocycles. The van der Waals surface area contributed by atoms with E-state index in [1.54, 1.807) is 4.98 Å². The normalized spacial score (nSPS) is 13.6. The van der Waals surface area contributed by atoms with E-state index >= 15 is 0 Å². The Bertz CT molecular complexity index is 1370. The van der Waals surface area contributed by atoms with Crippen molar-refractivity contribution >= 4 is 29.1 Å². The number of nitrogens with one attached hydrogen (secondary N) is 2. The second-order valence-electron chi connectivity index (χ2n) is 7.34. The monoisotopic (exact) mass is 513 g/mol. The van der Waals surface area contributed by atoms with Crippen LogP contribution in [0.5, 0.6) is 17.4 Å². The highest BCUT2D eigenvalue weighted by atomic mass is 35.5. The molecule has 0 atom stereocenters. The van der Waals surface area contributed by atoms with Crippen LogP contribution >= 0.6 is 23.2 Å². The molecule has 10 nitrogen and oxygen atoms in total. The number of rotatable bonds is 6. The molecule has 0 radical (unpaired) electrons. The zero-order valence-electron chi connectivity index (χ0n) is 17.0. The summed E-state index contributed by atoms with van der Waals surface area (Å²) in [4.78, 5) is 41.6. The molecule has 178 valence electrons. The van der Waals surface area contributed by atoms with Crippen molar-refractivity contribution in [3.63, 3.8) is 0 Å². The van der Waals surface area contributed by atoms with Crippen molar-refractivity contribution in [1.82, 2.24) is 25.1 Å². The van der Waals surface area contributed by atoms with E-state index < -0.39 is 29.3 Å². The number of hydrogen-bond donors (Lipinski definition) is 3. The van der Waals surface area contributed by atoms with Crippen LogP contribution in [0.25, 0.3) is 5.69 Å². The molecule has 1 aliphatic rings. The van der Waals surface area contributed by atoms with Crippen LogP contribution in [-0.2, 0) is 0 Å². The van der Waals surface area contributed by atoms with Crippen LogP contribution in [-0.4, -0.2) is 36.8 Å². The van der Waals surface area contributed by atoms with Gasteiger partial charge in [0.15, 0.2) is 11.4 Å². The van der Waals surface area contributed by atoms with Gasteiger partial charge in [-0.1, -0.05) is 23.2 Å². The number of aromatic amines is 1. The highest BCUT2D eigenvalue weighted by Gasteiger charge is 2.23. The first-order valence-corrected chi connectivity index (χ1v) is 10.6. The topological polar surface area (TPSA) is 139 Å². The largest absolute Gasteiger partial charge is 0.505 e. The van der Waals surface area contributed by atoms with Gasteiger partial charge in [-0.25, -0.2) is 18.6 Å². The van der Waals surface area contributed by atoms with E-state index in [1.165, 1.54) is 6.07 Å². The molecule has 3 N–H and O–H groups in total. The summed E-state index contributed by atoms with van der Waals surface area (Å²) >= 11 is 12.4. The molecule has 0 bridgehead atoms. The number of aromatic hydroxyl groups is 1. The molecule has 2 aromatic heterocycles. The summed E-state index contributed by atoms with van der Waals surface area (Å²) in [6.45, 7) is 0. The van der Waals surface area contributed by atoms with Crippen LogP contribution in [0.4, 0.5) is 8.78 Å². The predicted octanol–water partition coefficient (Wildman–Crippen LogP) is 3.34. The number of H-pyrrole nitrogens is 1. The van der Waals surface area contributed by atoms with Gasteiger partial charge >= 0.3 is 5.69 Å². The van der Waals surface area contributed by atoms with Crippen molar-refractivity contribution in [2.45, 2.75) is 31.7 Å². The second-order valence-corrected chi connectivity index (χ2v) is 8.15. The fraction of sp³-hybridized carbons (Fsp3) is 0.250. The first kappa shape index (κ1) is 23.6. The molecule has 34 heavy (non-hydrogen) atoms. The molecule has 0 saturated heterocycles. The van der Waals surface area contributed by atoms with Gasteiger partial charge in [0.2, 0.25) is 5.88 Å². The number of aromatic nitrogens is 4. The van der Waals surface area contributed by atoms with E-state index in [-0.39, 0.29) is 44.7 Å². The Morgan fingerprint density at radius 3 is 2.50 bits per heavy atom. The summed E-state index contributed by atoms with van der Waals surface area (Å²) in [5.74, 6) is -1.09. The number of hydrogen-bond acceptors (Lipinski definition) is 7. The molecular weight excluding hydrogens is 499 g/mol. The van der Waals surface area contributed by atoms with Crippen molar-refractivity contribution < 1.29 is 23.4 Å². The number of nitrogens with zero attached hydrogens (tertiary/aromatic N) is 3. The summed E-state index contributed by atoms with van der Waals surface area (Å²) in [5, 5.41) is 15.9. The molecule has 4 rings (SSSR count). The van der Waals surface area contributed by atoms with Crippen LogP contribution in [0.15, 0.2) is 34.0 Å². The number of amides is 1. The molecule has 1 fully saturated rings. The molecule has 0 spiro atoms. The van der Waals surface area contributed by atoms with Gasteiger partial charge < -0.3 is 15.2 Å². The lowest BCUT2D eigenvalue weighted by Gasteiger charge is -2.26. The fourth-order valence-corrected chi connectivity index (χ4v) is 3.64. The van der Waals surface area contributed by atoms with Gasteiger partial charge in [-0.2, -0.15) is 9.78 Å². The maximum Gasteiger partial charge on any atom is 0.349 e. The van der Waals surface area contributed by atoms with Crippen LogP contribution in [0.2, 0.25) is 10.0 Å². The molecule has 2 heterocycles. The minimum Gasteiger partial charge on any atom is -0.505 e. The third-order valence-corrected chi connectivity index (χ3v) is 5.60. The van der Waals surface area contributed by atoms with Crippen LogP contribution in [0.1, 0.15) is 41.7 Å². The van der Waals surface area contributed by atoms with Gasteiger partial charge in [0.05, 0.1) is 27.5 Å². The van der Waals surface area contributed by atoms with Crippen LogP contribution < -0.4 is 21.3 Å². The third kappa shape index (κ3) is 4.73. The maximum absolute atomic E-state index is 13.0. The lowest BCUT2D eigenvalue weighted by molar-refractivity contribution is 0.0913. The molecule has 1 amide bonds. The third-order valence-electron chi connectivity index (χ3n) is 5.04. The Morgan fingerprint density at radius 1 is 1.24 bits per heavy atom. The maximum atomic E-state index is 13.0. The Labute approximate surface area is 199 Å². The molecule has 0 unspecified atom stereocenters. The molecule has 3 aromatic rings. The number of halogens is 4. The van der Waals surface area contributed by atoms with Crippen LogP contribution in [0, 0.1) is 0 Å². The van der Waals surface area contributed by atoms with Crippen molar-refractivity contribution in [3.8, 4) is 23.1 Å². The number of carbonyl (C=O) groups excluding carboxylic acids is 1. The Morgan fingerprint density at radius 2 is 1.91 bits per heavy atom. The van der Waals surface area contributed by atoms with E-state index in [0.717, 1.165) is 37.6 Å². The van der Waals surface area contributed by atoms with Crippen molar-refractivity contribution in [3.05, 3.63) is 66.5 Å². The van der Waals surface area contributed by atoms with Crippen molar-refractivity contribution in [2.75, 3.05) is 0 Å². The van der Waals surface area contributed by atoms with Gasteiger partial charge in [0.25, 0.3) is 17.9 Å². The lowest BCUT2D eigenvalue weighted by atomic mass is 9.93. The van der Waals surface area contributed by atoms with Crippen LogP contribution in [0.3, 0.4) is 0 Å². The summed E-state index contributed by atoms with van der Waals surface area (Å²) in [6, 6.07) is 3.54. The minimum absolute atomic E-state index is 0.0383. The first-order valence-electron chi connectivity index (χ1n) is 9.83. The van der Waals surface area contributed by atoms with E-state index in [2.05, 4.69) is 15.4 Å². The predicted molar refractivity (Wildman–Crippen MR) is 117 cm³/mol. The lowest BCUT2D eigenvalue weighted by Crippen LogP contribution is -2.39. The zero-order valence-corrected chi connectivity index (χ0v) is 18.5. The summed E-state index contributed by atoms with van der Waals surface area (Å²) in [5.41, 5.74) is -3.75. The molecule has 1 aliphatic carbocycles. The first-order chi connectivity index (χ1) is 16.1. The highest BCUT2D eigenvalue weighted by molar-refractivity contribution is 6.37. The average molecular weight is 514 g/mol. The van der Waals surface area contributed by atoms with E-state index in [1.807, 2.05) is 0 Å². The van der Waals surface area contributed by atoms with Crippen molar-refractivity contribution in [2.24, 2.45) is 0 Å². The molecule has 1 aromatic carbocycles. The second kappa shape index (κ2) is 9.39. The standard InChI is InChI=1S/C20H15Cl2F2N5O5/c21-11-4-9(29-20(33)27-19(32)15(28-29)17(23)24)5-12(22)16(11)34-14-6-10(13(30)7-25-14)18(31)26-8-2-1-3-8/h4-8,17,30H,1-3H2,(H,26,31)(H,27,32,33). The average Bonchev–Trinajstić information content (AvgIpc) is 2.74. The Balaban J connectivity index is 1.65. The number of carbonyl (C=O) groups is 1. The molecule has 14 heteroatoms. The van der Waals surface area contributed by atoms with E-state index in [9.17, 15) is 28.3 Å². The number of pyridine rings is 1. The quantitative estimate of drug-likeness (QED) is 0.459. The Kier molecular flexibility index (Phi) is 6.53. The Hall–Kier alpha value is -3.51. The van der Waals surface area contributed by atoms with Gasteiger partial charge in [-0.15, -0.1) is 0 Å². The number of alkyl halides is 2. The minimum atomic E-state index is -3.22. The van der Waals surface area contributed by atoms with Crippen molar-refractivity contribution in [1.29, 1.82) is 0 Å². The number of ether oxygens (including phenoxy) is 1. The summed E-state index contributed by atoms with van der Waals surface area (Å²) < 4.78 is 32.1. The van der Waals surface area contributed by atoms with Gasteiger partial charge in [-0.3, -0.25) is 14.6 Å². The van der Waals surface area contributed by atoms with E-state index in [4.69, 9.17) is 27.9 Å². The smallest absolute Gasteiger partial charge is 0.349 e. The van der Waals surface area contributed by atoms with Gasteiger partial charge in [0, 0.05) is 12.1 Å². The molecular formula is C20H15Cl2F2N5O5. The zero-order chi connectivity index (χ0) is 24.6.